The summed E-state index contributed by atoms with van der Waals surface area (Å²) in [4.78, 5) is 11.3. The van der Waals surface area contributed by atoms with Crippen molar-refractivity contribution in [2.75, 3.05) is 24.7 Å². The van der Waals surface area contributed by atoms with Gasteiger partial charge in [-0.25, -0.2) is 9.97 Å². The van der Waals surface area contributed by atoms with Gasteiger partial charge < -0.3 is 20.8 Å². The molecule has 2 aromatic heterocycles. The van der Waals surface area contributed by atoms with Gasteiger partial charge in [-0.15, -0.1) is 0 Å². The van der Waals surface area contributed by atoms with E-state index >= 15 is 0 Å². The van der Waals surface area contributed by atoms with Crippen molar-refractivity contribution in [1.82, 2.24) is 15.0 Å². The van der Waals surface area contributed by atoms with Crippen molar-refractivity contribution in [3.05, 3.63) is 41.9 Å². The fourth-order valence-electron chi connectivity index (χ4n) is 2.47. The zero-order valence-electron chi connectivity index (χ0n) is 13.0. The van der Waals surface area contributed by atoms with Crippen molar-refractivity contribution in [1.29, 1.82) is 5.41 Å². The molecule has 0 atom stereocenters. The van der Waals surface area contributed by atoms with Gasteiger partial charge in [-0.2, -0.15) is 0 Å². The average molecular weight is 310 g/mol. The molecule has 3 aromatic rings. The molecule has 7 nitrogen and oxygen atoms in total. The molecule has 118 valence electrons. The van der Waals surface area contributed by atoms with E-state index in [1.807, 2.05) is 31.2 Å². The highest BCUT2D eigenvalue weighted by Crippen LogP contribution is 2.25. The van der Waals surface area contributed by atoms with E-state index in [0.717, 1.165) is 16.7 Å². The number of rotatable bonds is 5. The molecule has 3 rings (SSSR count). The number of nitrogen functional groups attached to an aromatic ring is 1. The third kappa shape index (κ3) is 2.68. The highest BCUT2D eigenvalue weighted by molar-refractivity contribution is 6.16. The summed E-state index contributed by atoms with van der Waals surface area (Å²) in [5, 5.41) is 12.4. The van der Waals surface area contributed by atoms with Crippen molar-refractivity contribution in [2.24, 2.45) is 0 Å². The summed E-state index contributed by atoms with van der Waals surface area (Å²) in [5.41, 5.74) is 8.21. The molecular weight excluding hydrogens is 292 g/mol. The molecule has 0 aliphatic carbocycles. The van der Waals surface area contributed by atoms with Gasteiger partial charge in [0.25, 0.3) is 0 Å². The molecule has 0 saturated carbocycles. The first kappa shape index (κ1) is 14.8. The molecule has 7 heteroatoms. The van der Waals surface area contributed by atoms with Crippen molar-refractivity contribution in [3.8, 4) is 5.75 Å². The second kappa shape index (κ2) is 5.96. The molecule has 1 aromatic carbocycles. The molecule has 5 N–H and O–H groups in total. The Kier molecular flexibility index (Phi) is 3.84. The van der Waals surface area contributed by atoms with Crippen LogP contribution >= 0.6 is 0 Å². The lowest BCUT2D eigenvalue weighted by atomic mass is 10.1. The van der Waals surface area contributed by atoms with E-state index in [4.69, 9.17) is 15.9 Å². The number of ether oxygens (including phenoxy) is 1. The second-order valence-corrected chi connectivity index (χ2v) is 4.97. The zero-order valence-corrected chi connectivity index (χ0v) is 13.0. The second-order valence-electron chi connectivity index (χ2n) is 4.97. The van der Waals surface area contributed by atoms with Gasteiger partial charge in [-0.3, -0.25) is 5.41 Å². The monoisotopic (exact) mass is 310 g/mol. The first-order valence-corrected chi connectivity index (χ1v) is 7.27. The highest BCUT2D eigenvalue weighted by Gasteiger charge is 2.17. The summed E-state index contributed by atoms with van der Waals surface area (Å²) in [6.45, 7) is 2.56. The number of aromatic nitrogens is 3. The van der Waals surface area contributed by atoms with Crippen LogP contribution in [0.15, 0.2) is 30.6 Å². The van der Waals surface area contributed by atoms with Crippen LogP contribution in [-0.4, -0.2) is 34.3 Å². The number of fused-ring (bicyclic) bond motifs is 1. The van der Waals surface area contributed by atoms with E-state index in [9.17, 15) is 0 Å². The number of hydrogen-bond donors (Lipinski definition) is 4. The number of anilines is 2. The minimum atomic E-state index is 0.238. The topological polar surface area (TPSA) is 113 Å². The Bertz CT molecular complexity index is 870. The molecule has 0 amide bonds. The van der Waals surface area contributed by atoms with E-state index in [2.05, 4.69) is 20.3 Å². The van der Waals surface area contributed by atoms with Crippen molar-refractivity contribution >= 4 is 28.3 Å². The fraction of sp³-hybridized carbons (Fsp3) is 0.188. The molecule has 0 aliphatic heterocycles. The summed E-state index contributed by atoms with van der Waals surface area (Å²) < 4.78 is 5.51. The standard InChI is InChI=1S/C16H18N6O/c1-3-23-10-4-5-11-9(6-10)7-12(22-11)14(17)13-15(18)20-8-21-16(13)19-2/h4-8,17,22H,3H2,1-2H3,(H3,18,19,20,21). The van der Waals surface area contributed by atoms with E-state index in [1.54, 1.807) is 7.05 Å². The minimum Gasteiger partial charge on any atom is -0.494 e. The number of H-pyrrole nitrogens is 1. The largest absolute Gasteiger partial charge is 0.494 e. The Labute approximate surface area is 133 Å². The first-order chi connectivity index (χ1) is 11.1. The van der Waals surface area contributed by atoms with E-state index in [-0.39, 0.29) is 11.5 Å². The summed E-state index contributed by atoms with van der Waals surface area (Å²) in [6.07, 6.45) is 1.37. The van der Waals surface area contributed by atoms with Crippen LogP contribution in [0.2, 0.25) is 0 Å². The van der Waals surface area contributed by atoms with Gasteiger partial charge >= 0.3 is 0 Å². The molecule has 0 radical (unpaired) electrons. The van der Waals surface area contributed by atoms with Crippen LogP contribution in [0.25, 0.3) is 10.9 Å². The Hall–Kier alpha value is -3.09. The summed E-state index contributed by atoms with van der Waals surface area (Å²) >= 11 is 0. The average Bonchev–Trinajstić information content (AvgIpc) is 2.97. The lowest BCUT2D eigenvalue weighted by Crippen LogP contribution is -2.12. The van der Waals surface area contributed by atoms with E-state index in [0.29, 0.717) is 23.7 Å². The molecule has 0 unspecified atom stereocenters. The number of nitrogens with one attached hydrogen (secondary N) is 3. The third-order valence-electron chi connectivity index (χ3n) is 3.54. The highest BCUT2D eigenvalue weighted by atomic mass is 16.5. The molecular formula is C16H18N6O. The zero-order chi connectivity index (χ0) is 16.4. The minimum absolute atomic E-state index is 0.238. The molecule has 0 saturated heterocycles. The SMILES string of the molecule is CCOc1ccc2[nH]c(C(=N)c3c(N)ncnc3NC)cc2c1. The molecule has 2 heterocycles. The Morgan fingerprint density at radius 1 is 1.35 bits per heavy atom. The summed E-state index contributed by atoms with van der Waals surface area (Å²) in [5.74, 6) is 1.59. The number of benzene rings is 1. The van der Waals surface area contributed by atoms with Crippen LogP contribution in [0.3, 0.4) is 0 Å². The Balaban J connectivity index is 2.05. The van der Waals surface area contributed by atoms with Crippen LogP contribution in [0, 0.1) is 5.41 Å². The molecule has 0 fully saturated rings. The molecule has 0 bridgehead atoms. The Morgan fingerprint density at radius 2 is 2.17 bits per heavy atom. The normalized spacial score (nSPS) is 10.7. The van der Waals surface area contributed by atoms with Gasteiger partial charge in [-0.1, -0.05) is 0 Å². The van der Waals surface area contributed by atoms with Crippen molar-refractivity contribution in [2.45, 2.75) is 6.92 Å². The van der Waals surface area contributed by atoms with Crippen LogP contribution in [0.5, 0.6) is 5.75 Å². The first-order valence-electron chi connectivity index (χ1n) is 7.27. The summed E-state index contributed by atoms with van der Waals surface area (Å²) in [7, 11) is 1.73. The van der Waals surface area contributed by atoms with E-state index < -0.39 is 0 Å². The molecule has 23 heavy (non-hydrogen) atoms. The molecule has 0 spiro atoms. The fourth-order valence-corrected chi connectivity index (χ4v) is 2.47. The number of hydrogen-bond acceptors (Lipinski definition) is 6. The number of aromatic amines is 1. The van der Waals surface area contributed by atoms with Gasteiger partial charge in [0.05, 0.1) is 23.6 Å². The maximum absolute atomic E-state index is 8.46. The van der Waals surface area contributed by atoms with Gasteiger partial charge in [0.1, 0.15) is 23.7 Å². The van der Waals surface area contributed by atoms with Gasteiger partial charge in [0.2, 0.25) is 0 Å². The lowest BCUT2D eigenvalue weighted by Gasteiger charge is -2.09. The lowest BCUT2D eigenvalue weighted by molar-refractivity contribution is 0.341. The Morgan fingerprint density at radius 3 is 2.91 bits per heavy atom. The van der Waals surface area contributed by atoms with Gasteiger partial charge in [0.15, 0.2) is 0 Å². The number of nitrogens with zero attached hydrogens (tertiary/aromatic N) is 2. The van der Waals surface area contributed by atoms with Crippen LogP contribution in [0.1, 0.15) is 18.2 Å². The van der Waals surface area contributed by atoms with Gasteiger partial charge in [-0.05, 0) is 31.2 Å². The summed E-state index contributed by atoms with van der Waals surface area (Å²) in [6, 6.07) is 7.66. The van der Waals surface area contributed by atoms with Gasteiger partial charge in [0, 0.05) is 18.0 Å². The molecule has 0 aliphatic rings. The quantitative estimate of drug-likeness (QED) is 0.540. The number of nitrogens with two attached hydrogens (primary N) is 1. The van der Waals surface area contributed by atoms with Crippen molar-refractivity contribution < 1.29 is 4.74 Å². The van der Waals surface area contributed by atoms with E-state index in [1.165, 1.54) is 6.33 Å². The van der Waals surface area contributed by atoms with Crippen molar-refractivity contribution in [3.63, 3.8) is 0 Å². The smallest absolute Gasteiger partial charge is 0.140 e. The predicted octanol–water partition coefficient (Wildman–Crippen LogP) is 2.40. The third-order valence-corrected chi connectivity index (χ3v) is 3.54. The van der Waals surface area contributed by atoms with Crippen LogP contribution < -0.4 is 15.8 Å². The van der Waals surface area contributed by atoms with Crippen LogP contribution in [-0.2, 0) is 0 Å². The predicted molar refractivity (Wildman–Crippen MR) is 91.4 cm³/mol. The van der Waals surface area contributed by atoms with Crippen LogP contribution in [0.4, 0.5) is 11.6 Å². The maximum atomic E-state index is 8.46. The maximum Gasteiger partial charge on any atom is 0.140 e.